The van der Waals surface area contributed by atoms with Gasteiger partial charge in [-0.3, -0.25) is 19.6 Å². The Bertz CT molecular complexity index is 1120. The van der Waals surface area contributed by atoms with Gasteiger partial charge in [0, 0.05) is 32.4 Å². The number of anilines is 1. The Morgan fingerprint density at radius 3 is 2.05 bits per heavy atom. The molecule has 14 heteroatoms. The lowest BCUT2D eigenvalue weighted by Gasteiger charge is -2.36. The van der Waals surface area contributed by atoms with Crippen LogP contribution < -0.4 is 10.4 Å². The number of hydrogen-bond donors (Lipinski definition) is 2. The summed E-state index contributed by atoms with van der Waals surface area (Å²) >= 11 is 0. The number of aryl methyl sites for hydroxylation is 1. The molecule has 206 valence electrons. The summed E-state index contributed by atoms with van der Waals surface area (Å²) in [6.45, 7) is 1.12. The molecular weight excluding hydrogens is 522 g/mol. The lowest BCUT2D eigenvalue weighted by molar-refractivity contribution is -0.151. The van der Waals surface area contributed by atoms with Crippen LogP contribution in [-0.4, -0.2) is 58.9 Å². The SMILES string of the molecule is O=C(NO)C(=O)[C@@H](CCCc1cc(C(F)(F)F)cc(C(F)(F)F)c1)C(=O)N1CCN(c2ccccn2)CC1. The number of benzene rings is 1. The lowest BCUT2D eigenvalue weighted by Crippen LogP contribution is -2.52. The minimum absolute atomic E-state index is 0.00947. The van der Waals surface area contributed by atoms with Crippen LogP contribution in [0.3, 0.4) is 0 Å². The van der Waals surface area contributed by atoms with E-state index in [-0.39, 0.29) is 44.0 Å². The van der Waals surface area contributed by atoms with Gasteiger partial charge in [0.15, 0.2) is 0 Å². The Labute approximate surface area is 213 Å². The number of amides is 2. The summed E-state index contributed by atoms with van der Waals surface area (Å²) in [5.74, 6) is -4.32. The Morgan fingerprint density at radius 2 is 1.55 bits per heavy atom. The zero-order valence-corrected chi connectivity index (χ0v) is 19.8. The van der Waals surface area contributed by atoms with E-state index in [1.165, 1.54) is 4.90 Å². The fraction of sp³-hybridized carbons (Fsp3) is 0.417. The van der Waals surface area contributed by atoms with E-state index >= 15 is 0 Å². The highest BCUT2D eigenvalue weighted by atomic mass is 19.4. The van der Waals surface area contributed by atoms with Crippen LogP contribution in [0.25, 0.3) is 0 Å². The van der Waals surface area contributed by atoms with Gasteiger partial charge in [0.05, 0.1) is 11.1 Å². The van der Waals surface area contributed by atoms with E-state index in [2.05, 4.69) is 4.98 Å². The molecule has 1 saturated heterocycles. The van der Waals surface area contributed by atoms with Gasteiger partial charge in [-0.1, -0.05) is 6.07 Å². The van der Waals surface area contributed by atoms with Crippen LogP contribution in [0, 0.1) is 5.92 Å². The van der Waals surface area contributed by atoms with Crippen LogP contribution in [0.15, 0.2) is 42.6 Å². The molecule has 0 aliphatic carbocycles. The van der Waals surface area contributed by atoms with E-state index in [9.17, 15) is 40.7 Å². The highest BCUT2D eigenvalue weighted by Gasteiger charge is 2.38. The first-order valence-corrected chi connectivity index (χ1v) is 11.5. The first-order valence-electron chi connectivity index (χ1n) is 11.5. The molecule has 1 aliphatic rings. The maximum absolute atomic E-state index is 13.1. The second kappa shape index (κ2) is 11.8. The second-order valence-electron chi connectivity index (χ2n) is 8.66. The number of pyridine rings is 1. The van der Waals surface area contributed by atoms with Gasteiger partial charge in [-0.25, -0.2) is 10.5 Å². The predicted molar refractivity (Wildman–Crippen MR) is 121 cm³/mol. The summed E-state index contributed by atoms with van der Waals surface area (Å²) in [5.41, 5.74) is -2.08. The van der Waals surface area contributed by atoms with Gasteiger partial charge in [0.25, 0.3) is 0 Å². The Kier molecular flexibility index (Phi) is 8.97. The summed E-state index contributed by atoms with van der Waals surface area (Å²) in [6.07, 6.45) is -9.24. The van der Waals surface area contributed by atoms with Crippen molar-refractivity contribution in [3.05, 3.63) is 59.3 Å². The molecule has 0 spiro atoms. The number of alkyl halides is 6. The molecule has 2 aromatic rings. The van der Waals surface area contributed by atoms with Crippen molar-refractivity contribution < 1.29 is 45.9 Å². The summed E-state index contributed by atoms with van der Waals surface area (Å²) in [6, 6.07) is 6.48. The molecule has 1 atom stereocenters. The van der Waals surface area contributed by atoms with Crippen molar-refractivity contribution >= 4 is 23.4 Å². The van der Waals surface area contributed by atoms with Crippen molar-refractivity contribution in [2.24, 2.45) is 5.92 Å². The lowest BCUT2D eigenvalue weighted by atomic mass is 9.92. The van der Waals surface area contributed by atoms with Crippen molar-refractivity contribution in [1.82, 2.24) is 15.4 Å². The number of aromatic nitrogens is 1. The number of Topliss-reactive ketones (excluding diaryl/α,β-unsaturated/α-hetero) is 1. The molecule has 0 unspecified atom stereocenters. The first kappa shape index (κ1) is 28.9. The van der Waals surface area contributed by atoms with Gasteiger partial charge in [0.2, 0.25) is 11.7 Å². The molecule has 38 heavy (non-hydrogen) atoms. The fourth-order valence-electron chi connectivity index (χ4n) is 4.17. The number of hydroxylamine groups is 1. The fourth-order valence-corrected chi connectivity index (χ4v) is 4.17. The van der Waals surface area contributed by atoms with Crippen LogP contribution in [0.2, 0.25) is 0 Å². The molecule has 0 bridgehead atoms. The topological polar surface area (TPSA) is 103 Å². The normalized spacial score (nSPS) is 15.2. The van der Waals surface area contributed by atoms with Gasteiger partial charge in [0.1, 0.15) is 11.7 Å². The van der Waals surface area contributed by atoms with Crippen LogP contribution in [0.5, 0.6) is 0 Å². The maximum atomic E-state index is 13.1. The van der Waals surface area contributed by atoms with Crippen molar-refractivity contribution in [2.45, 2.75) is 31.6 Å². The molecule has 1 fully saturated rings. The van der Waals surface area contributed by atoms with E-state index in [0.717, 1.165) is 5.48 Å². The molecule has 2 amide bonds. The maximum Gasteiger partial charge on any atom is 0.416 e. The first-order chi connectivity index (χ1) is 17.8. The van der Waals surface area contributed by atoms with E-state index in [1.807, 2.05) is 4.90 Å². The molecular formula is C24H24F6N4O4. The number of ketones is 1. The third-order valence-electron chi connectivity index (χ3n) is 6.11. The van der Waals surface area contributed by atoms with Crippen LogP contribution in [0.1, 0.15) is 29.5 Å². The van der Waals surface area contributed by atoms with Crippen molar-refractivity contribution in [3.8, 4) is 0 Å². The van der Waals surface area contributed by atoms with Crippen molar-refractivity contribution in [3.63, 3.8) is 0 Å². The largest absolute Gasteiger partial charge is 0.416 e. The molecule has 2 heterocycles. The molecule has 8 nitrogen and oxygen atoms in total. The number of nitrogens with one attached hydrogen (secondary N) is 1. The zero-order chi connectivity index (χ0) is 28.1. The number of rotatable bonds is 8. The van der Waals surface area contributed by atoms with Crippen LogP contribution >= 0.6 is 0 Å². The van der Waals surface area contributed by atoms with Gasteiger partial charge < -0.3 is 9.80 Å². The number of halogens is 6. The molecule has 1 aliphatic heterocycles. The van der Waals surface area contributed by atoms with Crippen LogP contribution in [0.4, 0.5) is 32.2 Å². The van der Waals surface area contributed by atoms with Gasteiger partial charge in [-0.2, -0.15) is 26.3 Å². The molecule has 0 radical (unpaired) electrons. The van der Waals surface area contributed by atoms with Crippen LogP contribution in [-0.2, 0) is 33.2 Å². The van der Waals surface area contributed by atoms with E-state index in [4.69, 9.17) is 5.21 Å². The van der Waals surface area contributed by atoms with E-state index in [0.29, 0.717) is 31.0 Å². The number of nitrogens with zero attached hydrogens (tertiary/aromatic N) is 3. The van der Waals surface area contributed by atoms with Gasteiger partial charge in [-0.05, 0) is 55.2 Å². The Hall–Kier alpha value is -3.68. The standard InChI is InChI=1S/C24H24F6N4O4/c25-23(26,27)16-12-15(13-17(14-16)24(28,29)30)4-3-5-18(20(35)21(36)32-38)22(37)34-10-8-33(9-11-34)19-6-1-2-7-31-19/h1-2,6-7,12-14,18,38H,3-5,8-11H2,(H,32,36)/t18-/m1/s1. The third kappa shape index (κ3) is 7.21. The second-order valence-corrected chi connectivity index (χ2v) is 8.66. The Balaban J connectivity index is 1.72. The molecule has 2 N–H and O–H groups in total. The summed E-state index contributed by atoms with van der Waals surface area (Å²) in [7, 11) is 0. The number of piperazine rings is 1. The minimum atomic E-state index is -5.01. The highest BCUT2D eigenvalue weighted by Crippen LogP contribution is 2.36. The molecule has 0 saturated carbocycles. The average molecular weight is 546 g/mol. The predicted octanol–water partition coefficient (Wildman–Crippen LogP) is 3.48. The number of hydrogen-bond acceptors (Lipinski definition) is 6. The molecule has 1 aromatic carbocycles. The quantitative estimate of drug-likeness (QED) is 0.173. The number of carbonyl (C=O) groups excluding carboxylic acids is 3. The average Bonchev–Trinajstić information content (AvgIpc) is 2.89. The van der Waals surface area contributed by atoms with Crippen molar-refractivity contribution in [2.75, 3.05) is 31.1 Å². The number of carbonyl (C=O) groups is 3. The van der Waals surface area contributed by atoms with Gasteiger partial charge >= 0.3 is 18.3 Å². The zero-order valence-electron chi connectivity index (χ0n) is 19.8. The molecule has 3 rings (SSSR count). The smallest absolute Gasteiger partial charge is 0.353 e. The summed E-state index contributed by atoms with van der Waals surface area (Å²) < 4.78 is 78.8. The van der Waals surface area contributed by atoms with Gasteiger partial charge in [-0.15, -0.1) is 0 Å². The van der Waals surface area contributed by atoms with E-state index < -0.39 is 47.0 Å². The Morgan fingerprint density at radius 1 is 0.947 bits per heavy atom. The summed E-state index contributed by atoms with van der Waals surface area (Å²) in [4.78, 5) is 44.9. The van der Waals surface area contributed by atoms with Crippen molar-refractivity contribution in [1.29, 1.82) is 0 Å². The molecule has 1 aromatic heterocycles. The summed E-state index contributed by atoms with van der Waals surface area (Å²) in [5, 5.41) is 8.85. The highest BCUT2D eigenvalue weighted by molar-refractivity contribution is 6.40. The minimum Gasteiger partial charge on any atom is -0.353 e. The monoisotopic (exact) mass is 546 g/mol. The van der Waals surface area contributed by atoms with E-state index in [1.54, 1.807) is 24.4 Å². The third-order valence-corrected chi connectivity index (χ3v) is 6.11.